The fraction of sp³-hybridized carbons (Fsp3) is 0.333. The summed E-state index contributed by atoms with van der Waals surface area (Å²) in [6.45, 7) is 5.17. The molecule has 0 heterocycles. The second-order valence-electron chi connectivity index (χ2n) is 7.17. The zero-order valence-electron chi connectivity index (χ0n) is 16.0. The summed E-state index contributed by atoms with van der Waals surface area (Å²) in [4.78, 5) is 23.3. The lowest BCUT2D eigenvalue weighted by molar-refractivity contribution is -0.139. The number of benzene rings is 2. The third-order valence-corrected chi connectivity index (χ3v) is 3.81. The van der Waals surface area contributed by atoms with Gasteiger partial charge in [-0.05, 0) is 49.6 Å². The molecule has 2 rings (SSSR count). The minimum atomic E-state index is -1.11. The number of hydrogen-bond donors (Lipinski definition) is 2. The number of amides is 1. The van der Waals surface area contributed by atoms with Crippen LogP contribution in [0.3, 0.4) is 0 Å². The second kappa shape index (κ2) is 8.58. The van der Waals surface area contributed by atoms with Gasteiger partial charge in [0, 0.05) is 6.42 Å². The first-order valence-corrected chi connectivity index (χ1v) is 8.63. The van der Waals surface area contributed by atoms with Crippen LogP contribution >= 0.6 is 0 Å². The van der Waals surface area contributed by atoms with Crippen LogP contribution in [-0.4, -0.2) is 35.9 Å². The highest BCUT2D eigenvalue weighted by Crippen LogP contribution is 2.23. The Kier molecular flexibility index (Phi) is 6.45. The summed E-state index contributed by atoms with van der Waals surface area (Å²) in [6.07, 6.45) is -0.581. The zero-order chi connectivity index (χ0) is 20.0. The number of carbonyl (C=O) groups excluding carboxylic acids is 1. The third-order valence-electron chi connectivity index (χ3n) is 3.81. The summed E-state index contributed by atoms with van der Waals surface area (Å²) < 4.78 is 10.3. The van der Waals surface area contributed by atoms with Gasteiger partial charge in [-0.15, -0.1) is 0 Å². The average molecular weight is 371 g/mol. The molecular formula is C21H25NO5. The Bertz CT molecular complexity index is 776. The van der Waals surface area contributed by atoms with Crippen LogP contribution in [0.1, 0.15) is 26.3 Å². The largest absolute Gasteiger partial charge is 0.497 e. The molecule has 1 atom stereocenters. The summed E-state index contributed by atoms with van der Waals surface area (Å²) >= 11 is 0. The number of carboxylic acid groups (broad SMARTS) is 1. The van der Waals surface area contributed by atoms with E-state index >= 15 is 0 Å². The van der Waals surface area contributed by atoms with Gasteiger partial charge in [-0.25, -0.2) is 9.59 Å². The van der Waals surface area contributed by atoms with Crippen molar-refractivity contribution in [3.8, 4) is 16.9 Å². The predicted octanol–water partition coefficient (Wildman–Crippen LogP) is 3.88. The maximum Gasteiger partial charge on any atom is 0.408 e. The van der Waals surface area contributed by atoms with E-state index in [-0.39, 0.29) is 6.42 Å². The molecule has 0 bridgehead atoms. The van der Waals surface area contributed by atoms with E-state index in [1.165, 1.54) is 0 Å². The van der Waals surface area contributed by atoms with Gasteiger partial charge in [0.25, 0.3) is 0 Å². The minimum Gasteiger partial charge on any atom is -0.497 e. The minimum absolute atomic E-state index is 0.164. The van der Waals surface area contributed by atoms with Crippen LogP contribution in [0.4, 0.5) is 4.79 Å². The molecule has 0 aromatic heterocycles. The van der Waals surface area contributed by atoms with Crippen LogP contribution < -0.4 is 10.1 Å². The molecular weight excluding hydrogens is 346 g/mol. The molecule has 144 valence electrons. The Morgan fingerprint density at radius 2 is 1.52 bits per heavy atom. The van der Waals surface area contributed by atoms with E-state index in [0.717, 1.165) is 22.4 Å². The normalized spacial score (nSPS) is 12.1. The molecule has 1 amide bonds. The summed E-state index contributed by atoms with van der Waals surface area (Å²) in [5, 5.41) is 11.8. The molecule has 0 aliphatic carbocycles. The molecule has 1 unspecified atom stereocenters. The molecule has 27 heavy (non-hydrogen) atoms. The predicted molar refractivity (Wildman–Crippen MR) is 103 cm³/mol. The Balaban J connectivity index is 2.05. The monoisotopic (exact) mass is 371 g/mol. The Hall–Kier alpha value is -3.02. The number of ether oxygens (including phenoxy) is 2. The van der Waals surface area contributed by atoms with E-state index < -0.39 is 23.7 Å². The molecule has 2 aromatic rings. The van der Waals surface area contributed by atoms with Crippen molar-refractivity contribution in [2.75, 3.05) is 7.11 Å². The first-order chi connectivity index (χ1) is 12.7. The molecule has 0 aliphatic rings. The Morgan fingerprint density at radius 3 is 1.96 bits per heavy atom. The highest BCUT2D eigenvalue weighted by molar-refractivity contribution is 5.80. The van der Waals surface area contributed by atoms with E-state index in [1.54, 1.807) is 27.9 Å². The van der Waals surface area contributed by atoms with E-state index in [2.05, 4.69) is 5.32 Å². The summed E-state index contributed by atoms with van der Waals surface area (Å²) in [5.41, 5.74) is 2.15. The first-order valence-electron chi connectivity index (χ1n) is 8.63. The van der Waals surface area contributed by atoms with Crippen molar-refractivity contribution in [2.45, 2.75) is 38.8 Å². The van der Waals surface area contributed by atoms with E-state index in [0.29, 0.717) is 0 Å². The molecule has 0 radical (unpaired) electrons. The van der Waals surface area contributed by atoms with Gasteiger partial charge in [-0.3, -0.25) is 0 Å². The number of rotatable bonds is 6. The molecule has 6 heteroatoms. The van der Waals surface area contributed by atoms with Crippen LogP contribution in [-0.2, 0) is 16.0 Å². The second-order valence-corrected chi connectivity index (χ2v) is 7.17. The third kappa shape index (κ3) is 6.33. The molecule has 0 saturated heterocycles. The van der Waals surface area contributed by atoms with Crippen LogP contribution in [0, 0.1) is 0 Å². The highest BCUT2D eigenvalue weighted by atomic mass is 16.6. The van der Waals surface area contributed by atoms with Crippen molar-refractivity contribution in [1.29, 1.82) is 0 Å². The van der Waals surface area contributed by atoms with Gasteiger partial charge in [0.2, 0.25) is 0 Å². The summed E-state index contributed by atoms with van der Waals surface area (Å²) in [5.74, 6) is -0.326. The maximum absolute atomic E-state index is 11.8. The lowest BCUT2D eigenvalue weighted by Crippen LogP contribution is -2.44. The topological polar surface area (TPSA) is 84.9 Å². The molecule has 2 aromatic carbocycles. The number of carbonyl (C=O) groups is 2. The quantitative estimate of drug-likeness (QED) is 0.805. The van der Waals surface area contributed by atoms with Crippen molar-refractivity contribution >= 4 is 12.1 Å². The van der Waals surface area contributed by atoms with Crippen molar-refractivity contribution < 1.29 is 24.2 Å². The van der Waals surface area contributed by atoms with Crippen molar-refractivity contribution in [3.63, 3.8) is 0 Å². The lowest BCUT2D eigenvalue weighted by atomic mass is 10.0. The number of methoxy groups -OCH3 is 1. The van der Waals surface area contributed by atoms with Crippen LogP contribution in [0.5, 0.6) is 5.75 Å². The first kappa shape index (κ1) is 20.3. The number of alkyl carbamates (subject to hydrolysis) is 1. The maximum atomic E-state index is 11.8. The molecule has 0 saturated carbocycles. The highest BCUT2D eigenvalue weighted by Gasteiger charge is 2.24. The van der Waals surface area contributed by atoms with E-state index in [9.17, 15) is 14.7 Å². The van der Waals surface area contributed by atoms with Crippen LogP contribution in [0.25, 0.3) is 11.1 Å². The Morgan fingerprint density at radius 1 is 1.00 bits per heavy atom. The van der Waals surface area contributed by atoms with Gasteiger partial charge in [-0.2, -0.15) is 0 Å². The number of carboxylic acids is 1. The van der Waals surface area contributed by atoms with E-state index in [4.69, 9.17) is 9.47 Å². The number of nitrogens with one attached hydrogen (secondary N) is 1. The SMILES string of the molecule is COc1ccc(-c2ccc(CC(NC(=O)OC(C)(C)C)C(=O)O)cc2)cc1. The number of aliphatic carboxylic acids is 1. The number of hydrogen-bond acceptors (Lipinski definition) is 4. The average Bonchev–Trinajstić information content (AvgIpc) is 2.60. The lowest BCUT2D eigenvalue weighted by Gasteiger charge is -2.22. The molecule has 2 N–H and O–H groups in total. The standard InChI is InChI=1S/C21H25NO5/c1-21(2,3)27-20(25)22-18(19(23)24)13-14-5-7-15(8-6-14)16-9-11-17(26-4)12-10-16/h5-12,18H,13H2,1-4H3,(H,22,25)(H,23,24). The smallest absolute Gasteiger partial charge is 0.408 e. The summed E-state index contributed by atoms with van der Waals surface area (Å²) in [6, 6.07) is 14.2. The Labute approximate surface area is 159 Å². The van der Waals surface area contributed by atoms with Gasteiger partial charge in [0.15, 0.2) is 0 Å². The zero-order valence-corrected chi connectivity index (χ0v) is 16.0. The molecule has 0 aliphatic heterocycles. The van der Waals surface area contributed by atoms with Crippen LogP contribution in [0.2, 0.25) is 0 Å². The van der Waals surface area contributed by atoms with Crippen molar-refractivity contribution in [3.05, 3.63) is 54.1 Å². The van der Waals surface area contributed by atoms with Gasteiger partial charge < -0.3 is 19.9 Å². The van der Waals surface area contributed by atoms with Gasteiger partial charge >= 0.3 is 12.1 Å². The fourth-order valence-corrected chi connectivity index (χ4v) is 2.50. The van der Waals surface area contributed by atoms with Crippen molar-refractivity contribution in [2.24, 2.45) is 0 Å². The summed E-state index contributed by atoms with van der Waals surface area (Å²) in [7, 11) is 1.62. The molecule has 6 nitrogen and oxygen atoms in total. The van der Waals surface area contributed by atoms with Crippen LogP contribution in [0.15, 0.2) is 48.5 Å². The molecule has 0 spiro atoms. The van der Waals surface area contributed by atoms with Gasteiger partial charge in [0.05, 0.1) is 7.11 Å². The molecule has 0 fully saturated rings. The van der Waals surface area contributed by atoms with Crippen molar-refractivity contribution in [1.82, 2.24) is 5.32 Å². The van der Waals surface area contributed by atoms with Gasteiger partial charge in [0.1, 0.15) is 17.4 Å². The van der Waals surface area contributed by atoms with Gasteiger partial charge in [-0.1, -0.05) is 36.4 Å². The fourth-order valence-electron chi connectivity index (χ4n) is 2.50. The van der Waals surface area contributed by atoms with E-state index in [1.807, 2.05) is 48.5 Å².